The zero-order chi connectivity index (χ0) is 12.8. The lowest BCUT2D eigenvalue weighted by Gasteiger charge is -2.22. The maximum Gasteiger partial charge on any atom is 0.308 e. The molecule has 0 saturated carbocycles. The predicted molar refractivity (Wildman–Crippen MR) is 65.6 cm³/mol. The molecule has 0 aromatic carbocycles. The van der Waals surface area contributed by atoms with Gasteiger partial charge in [-0.2, -0.15) is 0 Å². The van der Waals surface area contributed by atoms with Crippen LogP contribution >= 0.6 is 0 Å². The summed E-state index contributed by atoms with van der Waals surface area (Å²) in [5.41, 5.74) is 0. The Balaban J connectivity index is 2.44. The Labute approximate surface area is 103 Å². The molecule has 4 nitrogen and oxygen atoms in total. The maximum atomic E-state index is 11.7. The number of hydrogen-bond acceptors (Lipinski definition) is 2. The van der Waals surface area contributed by atoms with Crippen LogP contribution in [0.25, 0.3) is 0 Å². The van der Waals surface area contributed by atoms with Crippen molar-refractivity contribution < 1.29 is 14.7 Å². The number of aliphatic carboxylic acids is 1. The molecule has 1 heterocycles. The van der Waals surface area contributed by atoms with Gasteiger partial charge < -0.3 is 10.0 Å². The first-order valence-electron chi connectivity index (χ1n) is 6.59. The number of carbonyl (C=O) groups excluding carboxylic acids is 1. The minimum absolute atomic E-state index is 0.00680. The molecule has 0 aliphatic carbocycles. The highest BCUT2D eigenvalue weighted by Gasteiger charge is 2.34. The fourth-order valence-corrected chi connectivity index (χ4v) is 2.34. The molecule has 0 radical (unpaired) electrons. The molecule has 1 fully saturated rings. The van der Waals surface area contributed by atoms with Gasteiger partial charge >= 0.3 is 5.97 Å². The van der Waals surface area contributed by atoms with Crippen molar-refractivity contribution in [1.29, 1.82) is 0 Å². The quantitative estimate of drug-likeness (QED) is 0.743. The van der Waals surface area contributed by atoms with E-state index in [0.29, 0.717) is 12.5 Å². The van der Waals surface area contributed by atoms with Gasteiger partial charge in [-0.05, 0) is 12.3 Å². The van der Waals surface area contributed by atoms with Crippen LogP contribution in [-0.2, 0) is 9.59 Å². The smallest absolute Gasteiger partial charge is 0.308 e. The van der Waals surface area contributed by atoms with Crippen LogP contribution in [0.5, 0.6) is 0 Å². The van der Waals surface area contributed by atoms with E-state index in [0.717, 1.165) is 19.4 Å². The van der Waals surface area contributed by atoms with E-state index in [2.05, 4.69) is 13.8 Å². The molecule has 1 N–H and O–H groups in total. The van der Waals surface area contributed by atoms with Crippen molar-refractivity contribution in [3.8, 4) is 0 Å². The number of amides is 1. The molecular formula is C13H23NO3. The van der Waals surface area contributed by atoms with Crippen molar-refractivity contribution >= 4 is 11.9 Å². The van der Waals surface area contributed by atoms with Gasteiger partial charge in [-0.1, -0.05) is 33.1 Å². The average molecular weight is 241 g/mol. The van der Waals surface area contributed by atoms with Crippen molar-refractivity contribution in [1.82, 2.24) is 4.90 Å². The summed E-state index contributed by atoms with van der Waals surface area (Å²) in [5.74, 6) is -0.813. The molecule has 1 saturated heterocycles. The fraction of sp³-hybridized carbons (Fsp3) is 0.846. The fourth-order valence-electron chi connectivity index (χ4n) is 2.34. The monoisotopic (exact) mass is 241 g/mol. The SMILES string of the molecule is CCCCC(CC)CN1CC(C(=O)O)CC1=O. The van der Waals surface area contributed by atoms with Gasteiger partial charge in [-0.15, -0.1) is 0 Å². The van der Waals surface area contributed by atoms with Gasteiger partial charge in [0, 0.05) is 19.5 Å². The third-order valence-corrected chi connectivity index (χ3v) is 3.59. The van der Waals surface area contributed by atoms with E-state index in [1.54, 1.807) is 4.90 Å². The van der Waals surface area contributed by atoms with Crippen molar-refractivity contribution in [3.63, 3.8) is 0 Å². The first-order valence-corrected chi connectivity index (χ1v) is 6.59. The summed E-state index contributed by atoms with van der Waals surface area (Å²) in [5, 5.41) is 8.90. The van der Waals surface area contributed by atoms with E-state index in [1.807, 2.05) is 0 Å². The molecule has 2 atom stereocenters. The van der Waals surface area contributed by atoms with Crippen molar-refractivity contribution in [2.24, 2.45) is 11.8 Å². The van der Waals surface area contributed by atoms with E-state index in [-0.39, 0.29) is 12.3 Å². The van der Waals surface area contributed by atoms with Crippen LogP contribution in [0.2, 0.25) is 0 Å². The van der Waals surface area contributed by atoms with Crippen molar-refractivity contribution in [2.45, 2.75) is 46.0 Å². The zero-order valence-corrected chi connectivity index (χ0v) is 10.8. The number of rotatable bonds is 7. The number of carbonyl (C=O) groups is 2. The Morgan fingerprint density at radius 1 is 1.53 bits per heavy atom. The van der Waals surface area contributed by atoms with Gasteiger partial charge in [0.05, 0.1) is 5.92 Å². The van der Waals surface area contributed by atoms with Crippen LogP contribution < -0.4 is 0 Å². The zero-order valence-electron chi connectivity index (χ0n) is 10.8. The van der Waals surface area contributed by atoms with E-state index in [9.17, 15) is 9.59 Å². The Morgan fingerprint density at radius 2 is 2.24 bits per heavy atom. The molecule has 1 aliphatic heterocycles. The van der Waals surface area contributed by atoms with Crippen molar-refractivity contribution in [3.05, 3.63) is 0 Å². The summed E-state index contributed by atoms with van der Waals surface area (Å²) in [6.07, 6.45) is 4.72. The van der Waals surface area contributed by atoms with Crippen LogP contribution in [0, 0.1) is 11.8 Å². The number of likely N-dealkylation sites (tertiary alicyclic amines) is 1. The molecule has 17 heavy (non-hydrogen) atoms. The Morgan fingerprint density at radius 3 is 2.71 bits per heavy atom. The maximum absolute atomic E-state index is 11.7. The summed E-state index contributed by atoms with van der Waals surface area (Å²) in [4.78, 5) is 24.3. The minimum Gasteiger partial charge on any atom is -0.481 e. The van der Waals surface area contributed by atoms with Gasteiger partial charge in [0.25, 0.3) is 0 Å². The molecule has 0 aromatic heterocycles. The lowest BCUT2D eigenvalue weighted by Crippen LogP contribution is -2.31. The molecule has 98 valence electrons. The molecule has 0 aromatic rings. The Kier molecular flexibility index (Phi) is 5.45. The number of carboxylic acid groups (broad SMARTS) is 1. The normalized spacial score (nSPS) is 21.9. The molecule has 1 amide bonds. The summed E-state index contributed by atoms with van der Waals surface area (Å²) >= 11 is 0. The average Bonchev–Trinajstić information content (AvgIpc) is 2.66. The topological polar surface area (TPSA) is 57.6 Å². The Bertz CT molecular complexity index is 278. The van der Waals surface area contributed by atoms with Crippen LogP contribution in [0.1, 0.15) is 46.0 Å². The second kappa shape index (κ2) is 6.62. The third kappa shape index (κ3) is 4.02. The lowest BCUT2D eigenvalue weighted by atomic mass is 9.99. The summed E-state index contributed by atoms with van der Waals surface area (Å²) in [6, 6.07) is 0. The molecule has 1 rings (SSSR count). The third-order valence-electron chi connectivity index (χ3n) is 3.59. The summed E-state index contributed by atoms with van der Waals surface area (Å²) in [7, 11) is 0. The summed E-state index contributed by atoms with van der Waals surface area (Å²) in [6.45, 7) is 5.43. The second-order valence-corrected chi connectivity index (χ2v) is 4.95. The highest BCUT2D eigenvalue weighted by molar-refractivity contribution is 5.86. The standard InChI is InChI=1S/C13H23NO3/c1-3-5-6-10(4-2)8-14-9-11(13(16)17)7-12(14)15/h10-11H,3-9H2,1-2H3,(H,16,17). The molecular weight excluding hydrogens is 218 g/mol. The van der Waals surface area contributed by atoms with Gasteiger partial charge in [0.15, 0.2) is 0 Å². The molecule has 2 unspecified atom stereocenters. The van der Waals surface area contributed by atoms with Crippen LogP contribution in [-0.4, -0.2) is 35.0 Å². The van der Waals surface area contributed by atoms with Crippen molar-refractivity contribution in [2.75, 3.05) is 13.1 Å². The molecule has 1 aliphatic rings. The predicted octanol–water partition coefficient (Wildman–Crippen LogP) is 2.14. The highest BCUT2D eigenvalue weighted by Crippen LogP contribution is 2.22. The molecule has 0 spiro atoms. The van der Waals surface area contributed by atoms with Crippen LogP contribution in [0.3, 0.4) is 0 Å². The molecule has 0 bridgehead atoms. The van der Waals surface area contributed by atoms with E-state index in [4.69, 9.17) is 5.11 Å². The van der Waals surface area contributed by atoms with Gasteiger partial charge in [-0.25, -0.2) is 0 Å². The number of unbranched alkanes of at least 4 members (excludes halogenated alkanes) is 1. The van der Waals surface area contributed by atoms with Crippen LogP contribution in [0.4, 0.5) is 0 Å². The van der Waals surface area contributed by atoms with Gasteiger partial charge in [0.1, 0.15) is 0 Å². The van der Waals surface area contributed by atoms with Gasteiger partial charge in [0.2, 0.25) is 5.91 Å². The molecule has 4 heteroatoms. The van der Waals surface area contributed by atoms with E-state index < -0.39 is 11.9 Å². The minimum atomic E-state index is -0.845. The van der Waals surface area contributed by atoms with Gasteiger partial charge in [-0.3, -0.25) is 9.59 Å². The second-order valence-electron chi connectivity index (χ2n) is 4.95. The van der Waals surface area contributed by atoms with E-state index in [1.165, 1.54) is 12.8 Å². The number of carboxylic acids is 1. The number of nitrogens with zero attached hydrogens (tertiary/aromatic N) is 1. The largest absolute Gasteiger partial charge is 0.481 e. The van der Waals surface area contributed by atoms with E-state index >= 15 is 0 Å². The first-order chi connectivity index (χ1) is 8.08. The van der Waals surface area contributed by atoms with Crippen LogP contribution in [0.15, 0.2) is 0 Å². The lowest BCUT2D eigenvalue weighted by molar-refractivity contribution is -0.141. The Hall–Kier alpha value is -1.06. The number of hydrogen-bond donors (Lipinski definition) is 1. The first kappa shape index (κ1) is 14.0. The highest BCUT2D eigenvalue weighted by atomic mass is 16.4. The summed E-state index contributed by atoms with van der Waals surface area (Å²) < 4.78 is 0.